The van der Waals surface area contributed by atoms with Gasteiger partial charge in [-0.3, -0.25) is 9.78 Å². The largest absolute Gasteiger partial charge is 0.378 e. The fourth-order valence-corrected chi connectivity index (χ4v) is 5.32. The van der Waals surface area contributed by atoms with Crippen molar-refractivity contribution in [1.29, 1.82) is 0 Å². The summed E-state index contributed by atoms with van der Waals surface area (Å²) in [6, 6.07) is 12.2. The summed E-state index contributed by atoms with van der Waals surface area (Å²) in [7, 11) is 0. The number of aromatic nitrogens is 1. The number of carbonyl (C=O) groups excluding carboxylic acids is 2. The number of anilines is 1. The first-order valence-corrected chi connectivity index (χ1v) is 13.7. The SMILES string of the molecule is CCCN(CC1CCN(C(=O)N2CCOCC2)CC1)C(C)Cc1cccc(NC(=O)c2ccncc2)c1.Cl. The molecule has 2 aliphatic heterocycles. The predicted molar refractivity (Wildman–Crippen MR) is 153 cm³/mol. The van der Waals surface area contributed by atoms with Gasteiger partial charge in [-0.1, -0.05) is 19.1 Å². The number of piperidine rings is 1. The van der Waals surface area contributed by atoms with Crippen LogP contribution in [0.2, 0.25) is 0 Å². The van der Waals surface area contributed by atoms with E-state index in [0.717, 1.165) is 57.5 Å². The van der Waals surface area contributed by atoms with Gasteiger partial charge in [-0.05, 0) is 74.9 Å². The lowest BCUT2D eigenvalue weighted by Crippen LogP contribution is -2.51. The molecule has 3 amide bonds. The Morgan fingerprint density at radius 1 is 1.08 bits per heavy atom. The number of morpholine rings is 1. The summed E-state index contributed by atoms with van der Waals surface area (Å²) in [6.45, 7) is 11.0. The Kier molecular flexibility index (Phi) is 11.8. The number of benzene rings is 1. The first kappa shape index (κ1) is 29.9. The molecule has 0 aliphatic carbocycles. The third kappa shape index (κ3) is 8.41. The molecule has 9 heteroatoms. The van der Waals surface area contributed by atoms with E-state index in [2.05, 4.69) is 41.2 Å². The number of urea groups is 1. The zero-order chi connectivity index (χ0) is 26.0. The summed E-state index contributed by atoms with van der Waals surface area (Å²) >= 11 is 0. The van der Waals surface area contributed by atoms with Gasteiger partial charge in [-0.15, -0.1) is 12.4 Å². The minimum Gasteiger partial charge on any atom is -0.378 e. The van der Waals surface area contributed by atoms with Gasteiger partial charge in [0.25, 0.3) is 5.91 Å². The van der Waals surface area contributed by atoms with Gasteiger partial charge < -0.3 is 24.8 Å². The van der Waals surface area contributed by atoms with Crippen molar-refractivity contribution in [3.05, 3.63) is 59.9 Å². The standard InChI is InChI=1S/C29H41N5O3.ClH/c1-3-13-34(22-24-9-14-32(15-10-24)29(36)33-16-18-37-19-17-33)23(2)20-25-5-4-6-27(21-25)31-28(35)26-7-11-30-12-8-26;/h4-8,11-12,21,23-24H,3,9-10,13-20,22H2,1-2H3,(H,31,35);1H. The third-order valence-corrected chi connectivity index (χ3v) is 7.45. The number of rotatable bonds is 9. The van der Waals surface area contributed by atoms with E-state index in [1.165, 1.54) is 5.56 Å². The number of amides is 3. The number of likely N-dealkylation sites (tertiary alicyclic amines) is 1. The van der Waals surface area contributed by atoms with Crippen molar-refractivity contribution < 1.29 is 14.3 Å². The second-order valence-electron chi connectivity index (χ2n) is 10.3. The number of pyridine rings is 1. The molecular formula is C29H42ClN5O3. The topological polar surface area (TPSA) is 78.0 Å². The first-order valence-electron chi connectivity index (χ1n) is 13.7. The maximum atomic E-state index is 12.8. The summed E-state index contributed by atoms with van der Waals surface area (Å²) in [4.78, 5) is 35.9. The number of ether oxygens (including phenoxy) is 1. The van der Waals surface area contributed by atoms with E-state index in [0.29, 0.717) is 43.8 Å². The van der Waals surface area contributed by atoms with Crippen molar-refractivity contribution in [2.45, 2.75) is 45.6 Å². The molecule has 208 valence electrons. The Balaban J connectivity index is 0.00000400. The number of hydrogen-bond acceptors (Lipinski definition) is 5. The van der Waals surface area contributed by atoms with Crippen molar-refractivity contribution >= 4 is 30.0 Å². The van der Waals surface area contributed by atoms with Gasteiger partial charge in [0.2, 0.25) is 0 Å². The number of carbonyl (C=O) groups is 2. The molecular weight excluding hydrogens is 502 g/mol. The summed E-state index contributed by atoms with van der Waals surface area (Å²) in [6.07, 6.45) is 7.40. The molecule has 2 aromatic rings. The summed E-state index contributed by atoms with van der Waals surface area (Å²) in [5.41, 5.74) is 2.62. The van der Waals surface area contributed by atoms with E-state index in [-0.39, 0.29) is 24.3 Å². The quantitative estimate of drug-likeness (QED) is 0.501. The van der Waals surface area contributed by atoms with Crippen LogP contribution in [0.25, 0.3) is 0 Å². The Morgan fingerprint density at radius 2 is 1.76 bits per heavy atom. The maximum Gasteiger partial charge on any atom is 0.320 e. The summed E-state index contributed by atoms with van der Waals surface area (Å²) in [5.74, 6) is 0.479. The van der Waals surface area contributed by atoms with Crippen molar-refractivity contribution in [3.8, 4) is 0 Å². The molecule has 3 heterocycles. The molecule has 0 spiro atoms. The normalized spacial score (nSPS) is 17.1. The highest BCUT2D eigenvalue weighted by Gasteiger charge is 2.28. The van der Waals surface area contributed by atoms with Crippen molar-refractivity contribution in [2.24, 2.45) is 5.92 Å². The lowest BCUT2D eigenvalue weighted by molar-refractivity contribution is 0.0386. The van der Waals surface area contributed by atoms with Crippen LogP contribution in [0.4, 0.5) is 10.5 Å². The summed E-state index contributed by atoms with van der Waals surface area (Å²) < 4.78 is 5.39. The number of halogens is 1. The van der Waals surface area contributed by atoms with Crippen molar-refractivity contribution in [2.75, 3.05) is 57.8 Å². The molecule has 4 rings (SSSR count). The second kappa shape index (κ2) is 15.0. The van der Waals surface area contributed by atoms with Gasteiger partial charge in [0.15, 0.2) is 0 Å². The fraction of sp³-hybridized carbons (Fsp3) is 0.552. The lowest BCUT2D eigenvalue weighted by atomic mass is 9.95. The van der Waals surface area contributed by atoms with Crippen LogP contribution in [0.3, 0.4) is 0 Å². The van der Waals surface area contributed by atoms with Crippen LogP contribution in [-0.4, -0.2) is 90.1 Å². The molecule has 38 heavy (non-hydrogen) atoms. The Morgan fingerprint density at radius 3 is 2.45 bits per heavy atom. The van der Waals surface area contributed by atoms with Crippen LogP contribution in [-0.2, 0) is 11.2 Å². The number of hydrogen-bond donors (Lipinski definition) is 1. The lowest BCUT2D eigenvalue weighted by Gasteiger charge is -2.39. The van der Waals surface area contributed by atoms with E-state index in [1.54, 1.807) is 24.5 Å². The van der Waals surface area contributed by atoms with Gasteiger partial charge in [0.05, 0.1) is 13.2 Å². The molecule has 1 aromatic heterocycles. The van der Waals surface area contributed by atoms with E-state index < -0.39 is 0 Å². The molecule has 2 saturated heterocycles. The average Bonchev–Trinajstić information content (AvgIpc) is 2.94. The molecule has 2 aliphatic rings. The average molecular weight is 544 g/mol. The Bertz CT molecular complexity index is 1010. The van der Waals surface area contributed by atoms with Crippen LogP contribution in [0.5, 0.6) is 0 Å². The van der Waals surface area contributed by atoms with Gasteiger partial charge in [-0.25, -0.2) is 4.79 Å². The van der Waals surface area contributed by atoms with E-state index in [1.807, 2.05) is 21.9 Å². The highest BCUT2D eigenvalue weighted by molar-refractivity contribution is 6.04. The molecule has 2 fully saturated rings. The highest BCUT2D eigenvalue weighted by atomic mass is 35.5. The Hall–Kier alpha value is -2.68. The second-order valence-corrected chi connectivity index (χ2v) is 10.3. The molecule has 8 nitrogen and oxygen atoms in total. The molecule has 1 aromatic carbocycles. The number of nitrogens with zero attached hydrogens (tertiary/aromatic N) is 4. The zero-order valence-electron chi connectivity index (χ0n) is 22.7. The minimum atomic E-state index is -0.126. The fourth-order valence-electron chi connectivity index (χ4n) is 5.32. The van der Waals surface area contributed by atoms with Crippen LogP contribution in [0, 0.1) is 5.92 Å². The van der Waals surface area contributed by atoms with Crippen LogP contribution < -0.4 is 5.32 Å². The maximum absolute atomic E-state index is 12.8. The Labute approximate surface area is 233 Å². The third-order valence-electron chi connectivity index (χ3n) is 7.45. The monoisotopic (exact) mass is 543 g/mol. The zero-order valence-corrected chi connectivity index (χ0v) is 23.5. The minimum absolute atomic E-state index is 0. The molecule has 0 radical (unpaired) electrons. The van der Waals surface area contributed by atoms with Gasteiger partial charge in [-0.2, -0.15) is 0 Å². The smallest absolute Gasteiger partial charge is 0.320 e. The van der Waals surface area contributed by atoms with E-state index in [4.69, 9.17) is 4.74 Å². The van der Waals surface area contributed by atoms with Gasteiger partial charge in [0.1, 0.15) is 0 Å². The first-order chi connectivity index (χ1) is 18.0. The van der Waals surface area contributed by atoms with Crippen molar-refractivity contribution in [3.63, 3.8) is 0 Å². The van der Waals surface area contributed by atoms with E-state index >= 15 is 0 Å². The predicted octanol–water partition coefficient (Wildman–Crippen LogP) is 4.56. The van der Waals surface area contributed by atoms with Crippen LogP contribution >= 0.6 is 12.4 Å². The molecule has 1 unspecified atom stereocenters. The molecule has 1 atom stereocenters. The molecule has 1 N–H and O–H groups in total. The molecule has 0 bridgehead atoms. The van der Waals surface area contributed by atoms with Gasteiger partial charge >= 0.3 is 6.03 Å². The van der Waals surface area contributed by atoms with Gasteiger partial charge in [0, 0.05) is 62.4 Å². The number of nitrogens with one attached hydrogen (secondary N) is 1. The molecule has 0 saturated carbocycles. The van der Waals surface area contributed by atoms with Crippen LogP contribution in [0.1, 0.15) is 49.0 Å². The van der Waals surface area contributed by atoms with Crippen LogP contribution in [0.15, 0.2) is 48.8 Å². The van der Waals surface area contributed by atoms with E-state index in [9.17, 15) is 9.59 Å². The summed E-state index contributed by atoms with van der Waals surface area (Å²) in [5, 5.41) is 3.01. The highest BCUT2D eigenvalue weighted by Crippen LogP contribution is 2.22. The van der Waals surface area contributed by atoms with Crippen molar-refractivity contribution in [1.82, 2.24) is 19.7 Å².